The molecule has 0 radical (unpaired) electrons. The molecule has 10 nitrogen and oxygen atoms in total. The number of ether oxygens (including phenoxy) is 2. The Morgan fingerprint density at radius 1 is 0.356 bits per heavy atom. The molecule has 0 aliphatic carbocycles. The van der Waals surface area contributed by atoms with E-state index >= 15 is 0 Å². The Kier molecular flexibility index (Phi) is 6.84. The number of aromatic nitrogens is 8. The molecule has 6 aromatic carbocycles. The Bertz CT molecular complexity index is 3460. The predicted molar refractivity (Wildman–Crippen MR) is 231 cm³/mol. The Morgan fingerprint density at radius 3 is 1.14 bits per heavy atom. The summed E-state index contributed by atoms with van der Waals surface area (Å²) in [5.41, 5.74) is 5.48. The third kappa shape index (κ3) is 5.31. The van der Waals surface area contributed by atoms with Crippen molar-refractivity contribution in [3.8, 4) is 40.6 Å². The zero-order valence-electron chi connectivity index (χ0n) is 33.1. The van der Waals surface area contributed by atoms with E-state index in [0.29, 0.717) is 23.0 Å². The molecule has 0 unspecified atom stereocenters. The van der Waals surface area contributed by atoms with Crippen LogP contribution < -0.4 is 9.47 Å². The van der Waals surface area contributed by atoms with Crippen LogP contribution in [-0.4, -0.2) is 38.6 Å². The lowest BCUT2D eigenvalue weighted by Crippen LogP contribution is -2.01. The average molecular weight is 765 g/mol. The lowest BCUT2D eigenvalue weighted by molar-refractivity contribution is 0.484. The molecule has 0 spiro atoms. The minimum atomic E-state index is -0.307. The molecular weight excluding hydrogens is 733 g/mol. The second kappa shape index (κ2) is 13.1. The lowest BCUT2D eigenvalue weighted by atomic mass is 10.1. The molecular formula is C49H30N8O2. The highest BCUT2D eigenvalue weighted by molar-refractivity contribution is 6.11. The maximum Gasteiger partial charge on any atom is 0.237 e. The van der Waals surface area contributed by atoms with E-state index in [9.17, 15) is 0 Å². The molecule has 0 saturated carbocycles. The van der Waals surface area contributed by atoms with Gasteiger partial charge in [0, 0.05) is 69.0 Å². The summed E-state index contributed by atoms with van der Waals surface area (Å²) < 4.78 is 35.9. The van der Waals surface area contributed by atoms with Gasteiger partial charge in [-0.05, 0) is 84.9 Å². The molecule has 59 heavy (non-hydrogen) atoms. The molecule has 0 saturated heterocycles. The van der Waals surface area contributed by atoms with E-state index < -0.39 is 0 Å². The van der Waals surface area contributed by atoms with E-state index in [1.165, 1.54) is 0 Å². The third-order valence-electron chi connectivity index (χ3n) is 10.8. The van der Waals surface area contributed by atoms with Crippen LogP contribution in [-0.2, 0) is 0 Å². The van der Waals surface area contributed by atoms with Crippen molar-refractivity contribution in [3.05, 3.63) is 183 Å². The van der Waals surface area contributed by atoms with E-state index in [1.807, 2.05) is 126 Å². The normalized spacial score (nSPS) is 12.2. The molecule has 6 aromatic heterocycles. The molecule has 278 valence electrons. The number of pyridine rings is 2. The van der Waals surface area contributed by atoms with Crippen LogP contribution in [0.5, 0.6) is 23.0 Å². The smallest absolute Gasteiger partial charge is 0.237 e. The minimum Gasteiger partial charge on any atom is -0.457 e. The van der Waals surface area contributed by atoms with Crippen molar-refractivity contribution in [2.45, 2.75) is 0 Å². The fourth-order valence-electron chi connectivity index (χ4n) is 8.37. The van der Waals surface area contributed by atoms with E-state index in [-0.39, 0.29) is 18.6 Å². The fourth-order valence-corrected chi connectivity index (χ4v) is 8.37. The highest BCUT2D eigenvalue weighted by atomic mass is 16.5. The summed E-state index contributed by atoms with van der Waals surface area (Å²) in [7, 11) is 0. The van der Waals surface area contributed by atoms with Crippen molar-refractivity contribution in [3.63, 3.8) is 0 Å². The van der Waals surface area contributed by atoms with Crippen molar-refractivity contribution in [1.82, 2.24) is 38.6 Å². The second-order valence-corrected chi connectivity index (χ2v) is 14.2. The molecule has 0 fully saturated rings. The Morgan fingerprint density at radius 2 is 0.729 bits per heavy atom. The van der Waals surface area contributed by atoms with Gasteiger partial charge >= 0.3 is 0 Å². The largest absolute Gasteiger partial charge is 0.457 e. The highest BCUT2D eigenvalue weighted by Crippen LogP contribution is 2.40. The average Bonchev–Trinajstić information content (AvgIpc) is 3.91. The van der Waals surface area contributed by atoms with E-state index in [4.69, 9.17) is 12.2 Å². The number of para-hydroxylation sites is 2. The van der Waals surface area contributed by atoms with Crippen molar-refractivity contribution in [1.29, 1.82) is 0 Å². The maximum atomic E-state index is 8.29. The second-order valence-electron chi connectivity index (χ2n) is 14.2. The van der Waals surface area contributed by atoms with Crippen LogP contribution in [0.15, 0.2) is 183 Å². The molecule has 0 aliphatic rings. The van der Waals surface area contributed by atoms with Gasteiger partial charge in [0.2, 0.25) is 5.95 Å². The SMILES string of the molecule is [2H]c1nc([2H])nc(-n2c3cc(Oc4ccc5c6ccccc6n(-c6ccccn6)c5c4)ccc3c3ccc(Oc4ccc5c6ccccc6n(-c6ccccn6)c5c4)cc32)n1. The number of benzene rings is 6. The summed E-state index contributed by atoms with van der Waals surface area (Å²) in [6.45, 7) is 0. The molecule has 12 rings (SSSR count). The van der Waals surface area contributed by atoms with Gasteiger partial charge in [0.1, 0.15) is 50.0 Å². The number of hydrogen-bond acceptors (Lipinski definition) is 7. The van der Waals surface area contributed by atoms with Crippen LogP contribution in [0, 0.1) is 0 Å². The molecule has 0 bridgehead atoms. The maximum absolute atomic E-state index is 8.29. The molecule has 0 N–H and O–H groups in total. The minimum absolute atomic E-state index is 0.141. The summed E-state index contributed by atoms with van der Waals surface area (Å²) >= 11 is 0. The van der Waals surface area contributed by atoms with Gasteiger partial charge in [-0.15, -0.1) is 0 Å². The lowest BCUT2D eigenvalue weighted by Gasteiger charge is -2.10. The molecule has 6 heterocycles. The Balaban J connectivity index is 0.972. The standard InChI is InChI=1S/C49H30N8O2/c1-3-11-41-35(9-1)37-19-15-31(25-43(37)55(41)47-13-5-7-23-51-47)58-33-17-21-39-40-22-18-34(28-46(40)57(45(39)27-33)49-53-29-50-30-54-49)59-32-16-20-38-36-10-2-4-12-42(36)56(44(38)26-32)48-14-6-8-24-52-48/h1-30H/i29D,30D. The van der Waals surface area contributed by atoms with Crippen molar-refractivity contribution < 1.29 is 12.2 Å². The Labute approximate surface area is 338 Å². The monoisotopic (exact) mass is 764 g/mol. The first-order valence-corrected chi connectivity index (χ1v) is 19.1. The van der Waals surface area contributed by atoms with Crippen molar-refractivity contribution in [2.75, 3.05) is 0 Å². The molecule has 0 atom stereocenters. The zero-order valence-corrected chi connectivity index (χ0v) is 31.1. The fraction of sp³-hybridized carbons (Fsp3) is 0. The van der Waals surface area contributed by atoms with Crippen LogP contribution in [0.25, 0.3) is 83.0 Å². The molecule has 0 aliphatic heterocycles. The number of rotatable bonds is 7. The van der Waals surface area contributed by atoms with Crippen LogP contribution >= 0.6 is 0 Å². The quantitative estimate of drug-likeness (QED) is 0.159. The third-order valence-corrected chi connectivity index (χ3v) is 10.8. The van der Waals surface area contributed by atoms with Gasteiger partial charge in [-0.2, -0.15) is 0 Å². The van der Waals surface area contributed by atoms with E-state index in [1.54, 1.807) is 12.4 Å². The van der Waals surface area contributed by atoms with Gasteiger partial charge in [0.05, 0.1) is 33.1 Å². The Hall–Kier alpha value is -8.37. The van der Waals surface area contributed by atoms with Crippen molar-refractivity contribution >= 4 is 65.4 Å². The summed E-state index contributed by atoms with van der Waals surface area (Å²) in [4.78, 5) is 21.9. The van der Waals surface area contributed by atoms with E-state index in [2.05, 4.69) is 70.5 Å². The van der Waals surface area contributed by atoms with Gasteiger partial charge < -0.3 is 9.47 Å². The van der Waals surface area contributed by atoms with Gasteiger partial charge in [-0.3, -0.25) is 13.7 Å². The number of fused-ring (bicyclic) bond motifs is 9. The first kappa shape index (κ1) is 30.8. The zero-order chi connectivity index (χ0) is 40.6. The number of hydrogen-bond donors (Lipinski definition) is 0. The van der Waals surface area contributed by atoms with Gasteiger partial charge in [-0.1, -0.05) is 48.5 Å². The number of nitrogens with zero attached hydrogens (tertiary/aromatic N) is 8. The summed E-state index contributed by atoms with van der Waals surface area (Å²) in [6.07, 6.45) is 2.97. The predicted octanol–water partition coefficient (Wildman–Crippen LogP) is 11.5. The van der Waals surface area contributed by atoms with E-state index in [0.717, 1.165) is 77.1 Å². The van der Waals surface area contributed by atoms with Crippen LogP contribution in [0.4, 0.5) is 0 Å². The molecule has 0 amide bonds. The van der Waals surface area contributed by atoms with Crippen LogP contribution in [0.1, 0.15) is 2.74 Å². The first-order valence-electron chi connectivity index (χ1n) is 20.1. The molecule has 12 aromatic rings. The van der Waals surface area contributed by atoms with Gasteiger partial charge in [0.15, 0.2) is 0 Å². The summed E-state index contributed by atoms with van der Waals surface area (Å²) in [6, 6.07) is 52.3. The summed E-state index contributed by atoms with van der Waals surface area (Å²) in [5.74, 6) is 4.22. The van der Waals surface area contributed by atoms with Crippen LogP contribution in [0.3, 0.4) is 0 Å². The summed E-state index contributed by atoms with van der Waals surface area (Å²) in [5, 5.41) is 6.22. The van der Waals surface area contributed by atoms with Gasteiger partial charge in [-0.25, -0.2) is 24.9 Å². The van der Waals surface area contributed by atoms with Gasteiger partial charge in [0.25, 0.3) is 0 Å². The molecule has 10 heteroatoms. The first-order chi connectivity index (χ1) is 30.0. The topological polar surface area (TPSA) is 97.7 Å². The van der Waals surface area contributed by atoms with Crippen molar-refractivity contribution in [2.24, 2.45) is 0 Å². The highest BCUT2D eigenvalue weighted by Gasteiger charge is 2.19. The van der Waals surface area contributed by atoms with Crippen LogP contribution in [0.2, 0.25) is 0 Å².